The van der Waals surface area contributed by atoms with Crippen LogP contribution in [0.15, 0.2) is 59.5 Å². The lowest BCUT2D eigenvalue weighted by atomic mass is 9.82. The summed E-state index contributed by atoms with van der Waals surface area (Å²) >= 11 is 0. The molecule has 0 aromatic heterocycles. The van der Waals surface area contributed by atoms with E-state index in [1.807, 2.05) is 0 Å². The first kappa shape index (κ1) is 20.2. The van der Waals surface area contributed by atoms with Gasteiger partial charge in [0.05, 0.1) is 27.4 Å². The predicted molar refractivity (Wildman–Crippen MR) is 110 cm³/mol. The van der Waals surface area contributed by atoms with Crippen molar-refractivity contribution in [3.05, 3.63) is 87.0 Å². The molecule has 0 aliphatic heterocycles. The molecule has 1 aliphatic rings. The minimum atomic E-state index is -4.86. The molecule has 0 unspecified atom stereocenters. The lowest BCUT2D eigenvalue weighted by Gasteiger charge is -2.23. The first-order valence-corrected chi connectivity index (χ1v) is 10.2. The third kappa shape index (κ3) is 3.31. The van der Waals surface area contributed by atoms with E-state index in [2.05, 4.69) is 5.32 Å². The maximum atomic E-state index is 13.2. The molecule has 0 spiro atoms. The fraction of sp³-hybridized carbons (Fsp3) is 0. The number of anilines is 3. The number of hydrogen-bond donors (Lipinski definition) is 3. The van der Waals surface area contributed by atoms with Crippen molar-refractivity contribution in [2.24, 2.45) is 0 Å². The minimum absolute atomic E-state index is 0.0421. The Hall–Kier alpha value is -4.09. The monoisotopic (exact) mass is 439 g/mol. The number of nitrogen functional groups attached to an aromatic ring is 1. The maximum absolute atomic E-state index is 13.2. The molecule has 0 atom stereocenters. The molecule has 3 aromatic carbocycles. The fourth-order valence-corrected chi connectivity index (χ4v) is 4.11. The number of nitrogens with two attached hydrogens (primary N) is 1. The fourth-order valence-electron chi connectivity index (χ4n) is 3.46. The highest BCUT2D eigenvalue weighted by Crippen LogP contribution is 2.40. The van der Waals surface area contributed by atoms with Gasteiger partial charge in [-0.3, -0.25) is 24.3 Å². The van der Waals surface area contributed by atoms with E-state index in [-0.39, 0.29) is 39.3 Å². The molecule has 10 nitrogen and oxygen atoms in total. The van der Waals surface area contributed by atoms with Crippen molar-refractivity contribution in [1.29, 1.82) is 0 Å². The molecule has 0 radical (unpaired) electrons. The van der Waals surface area contributed by atoms with Crippen molar-refractivity contribution >= 4 is 44.4 Å². The smallest absolute Gasteiger partial charge is 0.296 e. The summed E-state index contributed by atoms with van der Waals surface area (Å²) in [4.78, 5) is 35.9. The van der Waals surface area contributed by atoms with Crippen LogP contribution in [0.5, 0.6) is 0 Å². The third-order valence-electron chi connectivity index (χ3n) is 4.81. The van der Waals surface area contributed by atoms with Crippen LogP contribution >= 0.6 is 0 Å². The second kappa shape index (κ2) is 7.00. The van der Waals surface area contributed by atoms with E-state index >= 15 is 0 Å². The lowest BCUT2D eigenvalue weighted by molar-refractivity contribution is -0.384. The van der Waals surface area contributed by atoms with Gasteiger partial charge in [0.15, 0.2) is 11.6 Å². The second-order valence-electron chi connectivity index (χ2n) is 6.70. The molecule has 1 aliphatic carbocycles. The number of nitro benzene ring substituents is 1. The number of carbonyl (C=O) groups excluding carboxylic acids is 2. The second-order valence-corrected chi connectivity index (χ2v) is 8.09. The van der Waals surface area contributed by atoms with Gasteiger partial charge in [-0.2, -0.15) is 8.42 Å². The Morgan fingerprint density at radius 3 is 2.13 bits per heavy atom. The molecule has 3 aromatic rings. The standard InChI is InChI=1S/C20H13N3O7S/c21-18-15(31(28,29)30)9-14(22-10-4-3-5-11(8-10)23(26)27)16-17(18)20(25)13-7-2-1-6-12(13)19(16)24/h1-9,22H,21H2,(H,28,29,30). The topological polar surface area (TPSA) is 170 Å². The number of nitrogens with zero attached hydrogens (tertiary/aromatic N) is 1. The van der Waals surface area contributed by atoms with E-state index in [1.165, 1.54) is 36.4 Å². The summed E-state index contributed by atoms with van der Waals surface area (Å²) < 4.78 is 33.4. The van der Waals surface area contributed by atoms with Gasteiger partial charge in [-0.05, 0) is 12.1 Å². The molecule has 0 saturated carbocycles. The zero-order valence-electron chi connectivity index (χ0n) is 15.5. The minimum Gasteiger partial charge on any atom is -0.397 e. The Morgan fingerprint density at radius 1 is 0.935 bits per heavy atom. The summed E-state index contributed by atoms with van der Waals surface area (Å²) in [5.41, 5.74) is 4.67. The molecular weight excluding hydrogens is 426 g/mol. The van der Waals surface area contributed by atoms with Gasteiger partial charge >= 0.3 is 0 Å². The largest absolute Gasteiger partial charge is 0.397 e. The molecule has 4 N–H and O–H groups in total. The van der Waals surface area contributed by atoms with E-state index < -0.39 is 37.2 Å². The lowest BCUT2D eigenvalue weighted by Crippen LogP contribution is -2.25. The molecular formula is C20H13N3O7S. The number of rotatable bonds is 4. The Bertz CT molecular complexity index is 1410. The Morgan fingerprint density at radius 2 is 1.55 bits per heavy atom. The van der Waals surface area contributed by atoms with Gasteiger partial charge in [-0.15, -0.1) is 0 Å². The molecule has 0 fully saturated rings. The normalized spacial score (nSPS) is 12.8. The summed E-state index contributed by atoms with van der Waals surface area (Å²) in [6, 6.07) is 12.1. The van der Waals surface area contributed by atoms with Crippen LogP contribution < -0.4 is 11.1 Å². The van der Waals surface area contributed by atoms with E-state index in [0.29, 0.717) is 0 Å². The number of nitro groups is 1. The van der Waals surface area contributed by atoms with Crippen LogP contribution in [-0.4, -0.2) is 29.5 Å². The van der Waals surface area contributed by atoms with Crippen molar-refractivity contribution < 1.29 is 27.5 Å². The number of non-ortho nitro benzene ring substituents is 1. The van der Waals surface area contributed by atoms with E-state index in [9.17, 15) is 32.7 Å². The van der Waals surface area contributed by atoms with Crippen molar-refractivity contribution in [1.82, 2.24) is 0 Å². The zero-order valence-corrected chi connectivity index (χ0v) is 16.3. The SMILES string of the molecule is Nc1c(S(=O)(=O)O)cc(Nc2cccc([N+](=O)[O-])c2)c2c1C(=O)c1ccccc1C2=O. The average Bonchev–Trinajstić information content (AvgIpc) is 2.72. The molecule has 156 valence electrons. The van der Waals surface area contributed by atoms with Crippen LogP contribution in [0.3, 0.4) is 0 Å². The highest BCUT2D eigenvalue weighted by Gasteiger charge is 2.36. The van der Waals surface area contributed by atoms with Crippen LogP contribution in [0, 0.1) is 10.1 Å². The number of ketones is 2. The van der Waals surface area contributed by atoms with Gasteiger partial charge in [0.25, 0.3) is 15.8 Å². The first-order chi connectivity index (χ1) is 14.6. The predicted octanol–water partition coefficient (Wildman–Crippen LogP) is 2.94. The molecule has 0 bridgehead atoms. The Balaban J connectivity index is 2.00. The number of fused-ring (bicyclic) bond motifs is 2. The van der Waals surface area contributed by atoms with E-state index in [1.54, 1.807) is 12.1 Å². The van der Waals surface area contributed by atoms with Crippen molar-refractivity contribution in [2.45, 2.75) is 4.90 Å². The molecule has 4 rings (SSSR count). The van der Waals surface area contributed by atoms with Gasteiger partial charge in [-0.25, -0.2) is 0 Å². The number of benzene rings is 3. The number of carbonyl (C=O) groups is 2. The number of nitrogens with one attached hydrogen (secondary N) is 1. The van der Waals surface area contributed by atoms with Gasteiger partial charge < -0.3 is 11.1 Å². The quantitative estimate of drug-likeness (QED) is 0.187. The van der Waals surface area contributed by atoms with Crippen LogP contribution in [0.2, 0.25) is 0 Å². The Labute approximate surface area is 175 Å². The van der Waals surface area contributed by atoms with Crippen molar-refractivity contribution in [2.75, 3.05) is 11.1 Å². The average molecular weight is 439 g/mol. The maximum Gasteiger partial charge on any atom is 0.296 e. The molecule has 0 saturated heterocycles. The third-order valence-corrected chi connectivity index (χ3v) is 5.71. The van der Waals surface area contributed by atoms with Crippen LogP contribution in [0.4, 0.5) is 22.7 Å². The summed E-state index contributed by atoms with van der Waals surface area (Å²) in [6.07, 6.45) is 0. The summed E-state index contributed by atoms with van der Waals surface area (Å²) in [6.45, 7) is 0. The molecule has 31 heavy (non-hydrogen) atoms. The van der Waals surface area contributed by atoms with E-state index in [4.69, 9.17) is 5.73 Å². The van der Waals surface area contributed by atoms with Gasteiger partial charge in [0, 0.05) is 28.9 Å². The summed E-state index contributed by atoms with van der Waals surface area (Å²) in [5, 5.41) is 13.8. The highest BCUT2D eigenvalue weighted by molar-refractivity contribution is 7.86. The summed E-state index contributed by atoms with van der Waals surface area (Å²) in [5.74, 6) is -1.28. The van der Waals surface area contributed by atoms with Gasteiger partial charge in [0.1, 0.15) is 4.90 Å². The van der Waals surface area contributed by atoms with E-state index in [0.717, 1.165) is 6.07 Å². The van der Waals surface area contributed by atoms with Crippen LogP contribution in [0.25, 0.3) is 0 Å². The molecule has 11 heteroatoms. The van der Waals surface area contributed by atoms with Crippen molar-refractivity contribution in [3.63, 3.8) is 0 Å². The van der Waals surface area contributed by atoms with Crippen molar-refractivity contribution in [3.8, 4) is 0 Å². The van der Waals surface area contributed by atoms with Gasteiger partial charge in [-0.1, -0.05) is 30.3 Å². The van der Waals surface area contributed by atoms with Crippen LogP contribution in [-0.2, 0) is 10.1 Å². The zero-order chi connectivity index (χ0) is 22.5. The van der Waals surface area contributed by atoms with Crippen LogP contribution in [0.1, 0.15) is 31.8 Å². The summed E-state index contributed by atoms with van der Waals surface area (Å²) in [7, 11) is -4.86. The van der Waals surface area contributed by atoms with Gasteiger partial charge in [0.2, 0.25) is 0 Å². The Kier molecular flexibility index (Phi) is 4.56. The first-order valence-electron chi connectivity index (χ1n) is 8.73. The highest BCUT2D eigenvalue weighted by atomic mass is 32.2. The number of hydrogen-bond acceptors (Lipinski definition) is 8. The molecule has 0 amide bonds. The molecule has 0 heterocycles.